The Morgan fingerprint density at radius 2 is 1.88 bits per heavy atom. The molecule has 0 spiro atoms. The number of unbranched alkanes of at least 4 members (excludes halogenated alkanes) is 2. The second-order valence-corrected chi connectivity index (χ2v) is 1.84. The van der Waals surface area contributed by atoms with Crippen LogP contribution in [0.25, 0.3) is 0 Å². The Hall–Kier alpha value is -0.260. The third-order valence-corrected chi connectivity index (χ3v) is 0.955. The molecule has 0 aromatic carbocycles. The minimum absolute atomic E-state index is 0.778. The summed E-state index contributed by atoms with van der Waals surface area (Å²) in [5, 5.41) is 0. The summed E-state index contributed by atoms with van der Waals surface area (Å²) in [5.41, 5.74) is 0. The summed E-state index contributed by atoms with van der Waals surface area (Å²) in [5.74, 6) is 0. The molecule has 0 heteroatoms. The predicted molar refractivity (Wildman–Crippen MR) is 37.6 cm³/mol. The zero-order valence-electron chi connectivity index (χ0n) is 5.56. The summed E-state index contributed by atoms with van der Waals surface area (Å²) < 4.78 is 0. The van der Waals surface area contributed by atoms with Crippen LogP contribution in [0.2, 0.25) is 0 Å². The normalized spacial score (nSPS) is 10.8. The number of allylic oxidation sites excluding steroid dienone is 2. The van der Waals surface area contributed by atoms with Crippen LogP contribution in [0.15, 0.2) is 12.2 Å². The van der Waals surface area contributed by atoms with E-state index in [4.69, 9.17) is 6.92 Å². The van der Waals surface area contributed by atoms with Gasteiger partial charge in [-0.05, 0) is 26.2 Å². The van der Waals surface area contributed by atoms with E-state index < -0.39 is 0 Å². The van der Waals surface area contributed by atoms with Crippen LogP contribution in [0.5, 0.6) is 0 Å². The average Bonchev–Trinajstić information content (AvgIpc) is 1.81. The van der Waals surface area contributed by atoms with Gasteiger partial charge in [0.2, 0.25) is 0 Å². The first-order chi connectivity index (χ1) is 3.91. The summed E-state index contributed by atoms with van der Waals surface area (Å²) in [7, 11) is 0. The fraction of sp³-hybridized carbons (Fsp3) is 0.625. The molecular weight excluding hydrogens is 96.1 g/mol. The Balaban J connectivity index is 2.83. The topological polar surface area (TPSA) is 0 Å². The molecule has 2 radical (unpaired) electrons. The van der Waals surface area contributed by atoms with E-state index in [1.54, 1.807) is 0 Å². The lowest BCUT2D eigenvalue weighted by Gasteiger charge is -1.83. The van der Waals surface area contributed by atoms with Crippen LogP contribution < -0.4 is 0 Å². The third-order valence-electron chi connectivity index (χ3n) is 0.955. The zero-order chi connectivity index (χ0) is 6.24. The molecule has 0 atom stereocenters. The van der Waals surface area contributed by atoms with Crippen LogP contribution in [0.4, 0.5) is 0 Å². The molecule has 46 valence electrons. The minimum atomic E-state index is 0.778. The molecule has 0 bridgehead atoms. The highest BCUT2D eigenvalue weighted by atomic mass is 13.8. The molecule has 0 unspecified atom stereocenters. The van der Waals surface area contributed by atoms with Crippen molar-refractivity contribution in [3.05, 3.63) is 19.1 Å². The van der Waals surface area contributed by atoms with Gasteiger partial charge in [-0.2, -0.15) is 0 Å². The highest BCUT2D eigenvalue weighted by Crippen LogP contribution is 1.92. The molecule has 0 saturated heterocycles. The van der Waals surface area contributed by atoms with E-state index in [0.717, 1.165) is 12.8 Å². The van der Waals surface area contributed by atoms with Crippen LogP contribution in [0.3, 0.4) is 0 Å². The molecule has 0 aliphatic heterocycles. The molecule has 0 nitrogen and oxygen atoms in total. The first kappa shape index (κ1) is 7.74. The van der Waals surface area contributed by atoms with E-state index in [1.165, 1.54) is 12.8 Å². The van der Waals surface area contributed by atoms with Crippen molar-refractivity contribution < 1.29 is 0 Å². The van der Waals surface area contributed by atoms with E-state index in [2.05, 4.69) is 19.1 Å². The van der Waals surface area contributed by atoms with Gasteiger partial charge in [0, 0.05) is 0 Å². The molecule has 0 aliphatic carbocycles. The Kier molecular flexibility index (Phi) is 6.52. The molecule has 0 saturated carbocycles. The quantitative estimate of drug-likeness (QED) is 0.488. The number of rotatable bonds is 4. The van der Waals surface area contributed by atoms with E-state index >= 15 is 0 Å². The molecule has 0 rings (SSSR count). The molecular formula is C8H14. The Bertz CT molecular complexity index is 45.1. The molecule has 0 aromatic rings. The Morgan fingerprint density at radius 3 is 2.38 bits per heavy atom. The maximum Gasteiger partial charge on any atom is -0.0348 e. The van der Waals surface area contributed by atoms with Gasteiger partial charge in [-0.25, -0.2) is 0 Å². The second kappa shape index (κ2) is 6.74. The van der Waals surface area contributed by atoms with Crippen molar-refractivity contribution in [2.75, 3.05) is 0 Å². The molecule has 8 heavy (non-hydrogen) atoms. The maximum atomic E-state index is 5.26. The molecule has 0 aliphatic rings. The van der Waals surface area contributed by atoms with Gasteiger partial charge in [0.1, 0.15) is 0 Å². The fourth-order valence-corrected chi connectivity index (χ4v) is 0.499. The van der Waals surface area contributed by atoms with Gasteiger partial charge in [0.15, 0.2) is 0 Å². The summed E-state index contributed by atoms with van der Waals surface area (Å²) >= 11 is 0. The van der Waals surface area contributed by atoms with Crippen LogP contribution >= 0.6 is 0 Å². The van der Waals surface area contributed by atoms with Crippen molar-refractivity contribution in [3.8, 4) is 0 Å². The lowest BCUT2D eigenvalue weighted by Crippen LogP contribution is -1.62. The molecule has 0 amide bonds. The van der Waals surface area contributed by atoms with Gasteiger partial charge in [0.05, 0.1) is 0 Å². The third kappa shape index (κ3) is 5.74. The van der Waals surface area contributed by atoms with E-state index in [-0.39, 0.29) is 0 Å². The van der Waals surface area contributed by atoms with Crippen molar-refractivity contribution in [3.63, 3.8) is 0 Å². The molecule has 0 N–H and O–H groups in total. The van der Waals surface area contributed by atoms with Crippen LogP contribution in [-0.2, 0) is 0 Å². The minimum Gasteiger partial charge on any atom is -0.0885 e. The van der Waals surface area contributed by atoms with Crippen LogP contribution in [0, 0.1) is 6.92 Å². The van der Waals surface area contributed by atoms with Gasteiger partial charge >= 0.3 is 0 Å². The monoisotopic (exact) mass is 110 g/mol. The summed E-state index contributed by atoms with van der Waals surface area (Å²) in [6.45, 7) is 7.43. The van der Waals surface area contributed by atoms with Gasteiger partial charge in [-0.3, -0.25) is 0 Å². The van der Waals surface area contributed by atoms with Crippen molar-refractivity contribution in [1.82, 2.24) is 0 Å². The standard InChI is InChI=1S/C8H14/c1-3-5-7-8-6-4-2/h1,7-8H,3-6H2,2H3. The number of hydrogen-bond acceptors (Lipinski definition) is 0. The van der Waals surface area contributed by atoms with Gasteiger partial charge in [-0.1, -0.05) is 25.5 Å². The van der Waals surface area contributed by atoms with E-state index in [1.807, 2.05) is 0 Å². The summed E-state index contributed by atoms with van der Waals surface area (Å²) in [6, 6.07) is 0. The SMILES string of the molecule is [CH]CCC=CCCC. The summed E-state index contributed by atoms with van der Waals surface area (Å²) in [4.78, 5) is 0. The number of hydrogen-bond donors (Lipinski definition) is 0. The second-order valence-electron chi connectivity index (χ2n) is 1.84. The van der Waals surface area contributed by atoms with E-state index in [0.29, 0.717) is 0 Å². The maximum absolute atomic E-state index is 5.26. The first-order valence-electron chi connectivity index (χ1n) is 3.27. The van der Waals surface area contributed by atoms with Gasteiger partial charge in [-0.15, -0.1) is 0 Å². The predicted octanol–water partition coefficient (Wildman–Crippen LogP) is 2.83. The molecule has 0 aromatic heterocycles. The highest BCUT2D eigenvalue weighted by Gasteiger charge is 1.72. The highest BCUT2D eigenvalue weighted by molar-refractivity contribution is 4.80. The van der Waals surface area contributed by atoms with Crippen molar-refractivity contribution in [2.45, 2.75) is 32.6 Å². The van der Waals surface area contributed by atoms with Crippen LogP contribution in [0.1, 0.15) is 32.6 Å². The lowest BCUT2D eigenvalue weighted by molar-refractivity contribution is 0.943. The van der Waals surface area contributed by atoms with Crippen molar-refractivity contribution in [1.29, 1.82) is 0 Å². The van der Waals surface area contributed by atoms with Crippen molar-refractivity contribution in [2.24, 2.45) is 0 Å². The molecule has 0 fully saturated rings. The zero-order valence-corrected chi connectivity index (χ0v) is 5.56. The Labute approximate surface area is 52.6 Å². The van der Waals surface area contributed by atoms with Crippen LogP contribution in [-0.4, -0.2) is 0 Å². The largest absolute Gasteiger partial charge is 0.0885 e. The Morgan fingerprint density at radius 1 is 1.25 bits per heavy atom. The summed E-state index contributed by atoms with van der Waals surface area (Å²) in [6.07, 6.45) is 8.57. The van der Waals surface area contributed by atoms with E-state index in [9.17, 15) is 0 Å². The average molecular weight is 110 g/mol. The lowest BCUT2D eigenvalue weighted by atomic mass is 10.2. The fourth-order valence-electron chi connectivity index (χ4n) is 0.499. The van der Waals surface area contributed by atoms with Gasteiger partial charge < -0.3 is 0 Å². The smallest absolute Gasteiger partial charge is 0.0348 e. The first-order valence-corrected chi connectivity index (χ1v) is 3.27. The van der Waals surface area contributed by atoms with Crippen molar-refractivity contribution >= 4 is 0 Å². The molecule has 0 heterocycles. The van der Waals surface area contributed by atoms with Gasteiger partial charge in [0.25, 0.3) is 0 Å².